The molecule has 0 fully saturated rings. The Labute approximate surface area is 160 Å². The highest BCUT2D eigenvalue weighted by atomic mass is 16.6. The number of benzene rings is 1. The third-order valence-electron chi connectivity index (χ3n) is 4.25. The molecule has 0 saturated carbocycles. The summed E-state index contributed by atoms with van der Waals surface area (Å²) >= 11 is 0. The van der Waals surface area contributed by atoms with Crippen molar-refractivity contribution in [2.75, 3.05) is 20.3 Å². The fourth-order valence-corrected chi connectivity index (χ4v) is 2.29. The van der Waals surface area contributed by atoms with Crippen LogP contribution in [0.15, 0.2) is 24.3 Å². The van der Waals surface area contributed by atoms with Crippen molar-refractivity contribution >= 4 is 17.8 Å². The van der Waals surface area contributed by atoms with E-state index in [4.69, 9.17) is 14.2 Å². The van der Waals surface area contributed by atoms with Gasteiger partial charge in [-0.1, -0.05) is 46.2 Å². The Hall–Kier alpha value is -2.57. The Morgan fingerprint density at radius 3 is 2.19 bits per heavy atom. The summed E-state index contributed by atoms with van der Waals surface area (Å²) in [5.74, 6) is -0.918. The molecule has 0 unspecified atom stereocenters. The maximum atomic E-state index is 11.9. The highest BCUT2D eigenvalue weighted by Gasteiger charge is 2.26. The molecule has 0 aliphatic rings. The summed E-state index contributed by atoms with van der Waals surface area (Å²) in [6, 6.07) is 6.65. The van der Waals surface area contributed by atoms with Gasteiger partial charge in [0.05, 0.1) is 7.11 Å². The van der Waals surface area contributed by atoms with Gasteiger partial charge >= 0.3 is 11.9 Å². The van der Waals surface area contributed by atoms with Gasteiger partial charge in [-0.3, -0.25) is 4.79 Å². The van der Waals surface area contributed by atoms with Crippen molar-refractivity contribution in [1.82, 2.24) is 5.32 Å². The standard InChI is InChI=1S/C20H29NO6/c1-6-14(4)19(20(24)25-5)21-17(22)11-27-18(23)12-26-16-9-7-15(8-10-16)13(2)3/h7-10,13-14,19H,6,11-12H2,1-5H3,(H,21,22)/t14-,19-/m0/s1. The monoisotopic (exact) mass is 379 g/mol. The second-order valence-electron chi connectivity index (χ2n) is 6.63. The molecule has 1 aromatic carbocycles. The van der Waals surface area contributed by atoms with Crippen molar-refractivity contribution < 1.29 is 28.6 Å². The Kier molecular flexibility index (Phi) is 9.33. The first kappa shape index (κ1) is 22.5. The quantitative estimate of drug-likeness (QED) is 0.628. The van der Waals surface area contributed by atoms with Gasteiger partial charge in [0.25, 0.3) is 5.91 Å². The number of ether oxygens (including phenoxy) is 3. The van der Waals surface area contributed by atoms with Gasteiger partial charge < -0.3 is 19.5 Å². The molecule has 2 atom stereocenters. The fourth-order valence-electron chi connectivity index (χ4n) is 2.29. The second-order valence-corrected chi connectivity index (χ2v) is 6.63. The molecule has 1 rings (SSSR count). The van der Waals surface area contributed by atoms with Crippen LogP contribution in [-0.2, 0) is 23.9 Å². The van der Waals surface area contributed by atoms with Gasteiger partial charge in [0.1, 0.15) is 11.8 Å². The predicted molar refractivity (Wildman–Crippen MR) is 100 cm³/mol. The molecule has 0 aliphatic heterocycles. The van der Waals surface area contributed by atoms with Crippen LogP contribution in [0.2, 0.25) is 0 Å². The summed E-state index contributed by atoms with van der Waals surface area (Å²) < 4.78 is 14.9. The van der Waals surface area contributed by atoms with Gasteiger partial charge in [0.15, 0.2) is 13.2 Å². The number of hydrogen-bond donors (Lipinski definition) is 1. The van der Waals surface area contributed by atoms with Crippen LogP contribution in [0.25, 0.3) is 0 Å². The van der Waals surface area contributed by atoms with Crippen molar-refractivity contribution in [2.24, 2.45) is 5.92 Å². The van der Waals surface area contributed by atoms with Crippen molar-refractivity contribution in [3.8, 4) is 5.75 Å². The highest BCUT2D eigenvalue weighted by Crippen LogP contribution is 2.18. The van der Waals surface area contributed by atoms with Gasteiger partial charge in [-0.25, -0.2) is 9.59 Å². The van der Waals surface area contributed by atoms with Crippen LogP contribution < -0.4 is 10.1 Å². The average Bonchev–Trinajstić information content (AvgIpc) is 2.67. The Bertz CT molecular complexity index is 626. The number of esters is 2. The zero-order valence-corrected chi connectivity index (χ0v) is 16.6. The molecule has 1 aromatic rings. The minimum atomic E-state index is -0.776. The summed E-state index contributed by atoms with van der Waals surface area (Å²) in [4.78, 5) is 35.4. The molecule has 0 saturated heterocycles. The summed E-state index contributed by atoms with van der Waals surface area (Å²) in [5.41, 5.74) is 1.17. The molecule has 0 bridgehead atoms. The molecule has 7 nitrogen and oxygen atoms in total. The Morgan fingerprint density at radius 1 is 1.04 bits per heavy atom. The summed E-state index contributed by atoms with van der Waals surface area (Å²) in [5, 5.41) is 2.53. The van der Waals surface area contributed by atoms with Crippen LogP contribution in [-0.4, -0.2) is 44.2 Å². The lowest BCUT2D eigenvalue weighted by Gasteiger charge is -2.21. The number of rotatable bonds is 10. The molecule has 0 aliphatic carbocycles. The Balaban J connectivity index is 2.42. The van der Waals surface area contributed by atoms with Gasteiger partial charge in [0, 0.05) is 0 Å². The number of amides is 1. The average molecular weight is 379 g/mol. The van der Waals surface area contributed by atoms with Gasteiger partial charge in [0.2, 0.25) is 0 Å². The number of methoxy groups -OCH3 is 1. The van der Waals surface area contributed by atoms with Crippen molar-refractivity contribution in [3.63, 3.8) is 0 Å². The van der Waals surface area contributed by atoms with Crippen LogP contribution in [0.4, 0.5) is 0 Å². The van der Waals surface area contributed by atoms with Crippen LogP contribution in [0.3, 0.4) is 0 Å². The second kappa shape index (κ2) is 11.2. The van der Waals surface area contributed by atoms with E-state index in [-0.39, 0.29) is 12.5 Å². The maximum Gasteiger partial charge on any atom is 0.344 e. The van der Waals surface area contributed by atoms with E-state index in [2.05, 4.69) is 19.2 Å². The third kappa shape index (κ3) is 7.68. The highest BCUT2D eigenvalue weighted by molar-refractivity contribution is 5.86. The summed E-state index contributed by atoms with van der Waals surface area (Å²) in [7, 11) is 1.26. The zero-order chi connectivity index (χ0) is 20.4. The van der Waals surface area contributed by atoms with Crippen LogP contribution in [0.1, 0.15) is 45.6 Å². The van der Waals surface area contributed by atoms with Gasteiger partial charge in [-0.2, -0.15) is 0 Å². The first-order valence-electron chi connectivity index (χ1n) is 9.04. The smallest absolute Gasteiger partial charge is 0.344 e. The molecule has 150 valence electrons. The number of carbonyl (C=O) groups is 3. The van der Waals surface area contributed by atoms with E-state index >= 15 is 0 Å². The molecule has 0 aromatic heterocycles. The van der Waals surface area contributed by atoms with E-state index in [0.717, 1.165) is 0 Å². The SMILES string of the molecule is CC[C@H](C)[C@H](NC(=O)COC(=O)COc1ccc(C(C)C)cc1)C(=O)OC. The number of carbonyl (C=O) groups excluding carboxylic acids is 3. The van der Waals surface area contributed by atoms with Crippen molar-refractivity contribution in [3.05, 3.63) is 29.8 Å². The van der Waals surface area contributed by atoms with E-state index in [1.807, 2.05) is 26.0 Å². The van der Waals surface area contributed by atoms with E-state index in [9.17, 15) is 14.4 Å². The number of nitrogens with one attached hydrogen (secondary N) is 1. The van der Waals surface area contributed by atoms with E-state index in [1.165, 1.54) is 12.7 Å². The minimum absolute atomic E-state index is 0.103. The molecular formula is C20H29NO6. The third-order valence-corrected chi connectivity index (χ3v) is 4.25. The van der Waals surface area contributed by atoms with E-state index in [0.29, 0.717) is 18.1 Å². The Morgan fingerprint density at radius 2 is 1.67 bits per heavy atom. The summed E-state index contributed by atoms with van der Waals surface area (Å²) in [6.07, 6.45) is 0.684. The molecule has 0 heterocycles. The predicted octanol–water partition coefficient (Wildman–Crippen LogP) is 2.44. The van der Waals surface area contributed by atoms with Gasteiger partial charge in [-0.05, 0) is 29.5 Å². The summed E-state index contributed by atoms with van der Waals surface area (Å²) in [6.45, 7) is 7.11. The lowest BCUT2D eigenvalue weighted by Crippen LogP contribution is -2.47. The van der Waals surface area contributed by atoms with Crippen LogP contribution in [0.5, 0.6) is 5.75 Å². The van der Waals surface area contributed by atoms with Crippen molar-refractivity contribution in [1.29, 1.82) is 0 Å². The lowest BCUT2D eigenvalue weighted by atomic mass is 9.99. The van der Waals surface area contributed by atoms with E-state index < -0.39 is 30.5 Å². The maximum absolute atomic E-state index is 11.9. The van der Waals surface area contributed by atoms with Crippen LogP contribution >= 0.6 is 0 Å². The zero-order valence-electron chi connectivity index (χ0n) is 16.6. The molecule has 27 heavy (non-hydrogen) atoms. The largest absolute Gasteiger partial charge is 0.482 e. The molecule has 7 heteroatoms. The van der Waals surface area contributed by atoms with Crippen LogP contribution in [0, 0.1) is 5.92 Å². The molecule has 1 amide bonds. The molecule has 1 N–H and O–H groups in total. The van der Waals surface area contributed by atoms with Gasteiger partial charge in [-0.15, -0.1) is 0 Å². The molecule has 0 spiro atoms. The lowest BCUT2D eigenvalue weighted by molar-refractivity contribution is -0.152. The first-order valence-corrected chi connectivity index (χ1v) is 9.04. The van der Waals surface area contributed by atoms with Crippen molar-refractivity contribution in [2.45, 2.75) is 46.1 Å². The minimum Gasteiger partial charge on any atom is -0.482 e. The number of hydrogen-bond acceptors (Lipinski definition) is 6. The normalized spacial score (nSPS) is 12.8. The topological polar surface area (TPSA) is 90.9 Å². The molecular weight excluding hydrogens is 350 g/mol. The molecule has 0 radical (unpaired) electrons. The fraction of sp³-hybridized carbons (Fsp3) is 0.550. The van der Waals surface area contributed by atoms with E-state index in [1.54, 1.807) is 12.1 Å². The first-order chi connectivity index (χ1) is 12.8.